The van der Waals surface area contributed by atoms with Gasteiger partial charge in [0, 0.05) is 19.0 Å². The number of carbonyl (C=O) groups excluding carboxylic acids is 1. The van der Waals surface area contributed by atoms with Gasteiger partial charge in [-0.15, -0.1) is 0 Å². The highest BCUT2D eigenvalue weighted by atomic mass is 16.5. The van der Waals surface area contributed by atoms with Gasteiger partial charge in [-0.25, -0.2) is 14.6 Å². The van der Waals surface area contributed by atoms with Crippen molar-refractivity contribution >= 4 is 22.8 Å². The lowest BCUT2D eigenvalue weighted by Gasteiger charge is -2.29. The summed E-state index contributed by atoms with van der Waals surface area (Å²) in [5.74, 6) is 1.81. The molecule has 0 saturated carbocycles. The molecular weight excluding hydrogens is 416 g/mol. The zero-order valence-electron chi connectivity index (χ0n) is 18.7. The molecule has 33 heavy (non-hydrogen) atoms. The van der Waals surface area contributed by atoms with Crippen LogP contribution in [0.1, 0.15) is 25.8 Å². The highest BCUT2D eigenvalue weighted by Gasteiger charge is 2.26. The topological polar surface area (TPSA) is 85.2 Å². The second kappa shape index (κ2) is 8.99. The highest BCUT2D eigenvalue weighted by molar-refractivity contribution is 6.04. The van der Waals surface area contributed by atoms with Crippen molar-refractivity contribution in [1.29, 1.82) is 0 Å². The molecular formula is C25H26N6O2. The lowest BCUT2D eigenvalue weighted by atomic mass is 10.1. The lowest BCUT2D eigenvalue weighted by molar-refractivity contribution is -0.114. The van der Waals surface area contributed by atoms with Crippen LogP contribution in [0.3, 0.4) is 0 Å². The number of benzene rings is 2. The number of likely N-dealkylation sites (N-methyl/N-ethyl adjacent to an activating group) is 1. The van der Waals surface area contributed by atoms with E-state index in [9.17, 15) is 4.79 Å². The predicted octanol–water partition coefficient (Wildman–Crippen LogP) is 4.51. The Kier molecular flexibility index (Phi) is 5.75. The van der Waals surface area contributed by atoms with Crippen molar-refractivity contribution < 1.29 is 9.53 Å². The Labute approximate surface area is 192 Å². The van der Waals surface area contributed by atoms with E-state index in [1.54, 1.807) is 0 Å². The maximum absolute atomic E-state index is 11.9. The van der Waals surface area contributed by atoms with Crippen molar-refractivity contribution in [1.82, 2.24) is 24.6 Å². The zero-order valence-corrected chi connectivity index (χ0v) is 18.7. The summed E-state index contributed by atoms with van der Waals surface area (Å²) in [6.07, 6.45) is 3.62. The third-order valence-corrected chi connectivity index (χ3v) is 5.84. The molecule has 2 aromatic heterocycles. The van der Waals surface area contributed by atoms with Crippen molar-refractivity contribution in [2.45, 2.75) is 25.8 Å². The molecule has 1 amide bonds. The van der Waals surface area contributed by atoms with Crippen LogP contribution < -0.4 is 10.1 Å². The first-order valence-electron chi connectivity index (χ1n) is 11.1. The van der Waals surface area contributed by atoms with Gasteiger partial charge < -0.3 is 15.0 Å². The van der Waals surface area contributed by atoms with Crippen LogP contribution in [0.25, 0.3) is 22.3 Å². The third-order valence-electron chi connectivity index (χ3n) is 5.84. The number of fused-ring (bicyclic) bond motifs is 1. The summed E-state index contributed by atoms with van der Waals surface area (Å²) in [5.41, 5.74) is 2.38. The number of para-hydroxylation sites is 1. The molecule has 8 heteroatoms. The van der Waals surface area contributed by atoms with E-state index in [2.05, 4.69) is 27.2 Å². The van der Waals surface area contributed by atoms with Gasteiger partial charge in [0.25, 0.3) is 0 Å². The number of ether oxygens (including phenoxy) is 1. The Morgan fingerprint density at radius 1 is 1.06 bits per heavy atom. The predicted molar refractivity (Wildman–Crippen MR) is 127 cm³/mol. The van der Waals surface area contributed by atoms with Gasteiger partial charge in [0.1, 0.15) is 29.3 Å². The van der Waals surface area contributed by atoms with Gasteiger partial charge in [0.15, 0.2) is 5.65 Å². The maximum Gasteiger partial charge on any atom is 0.222 e. The standard InChI is InChI=1S/C25H26N6O2/c1-17(32)28-24-22-23(18-10-12-21(13-11-18)33-20-8-4-3-5-9-20)29-31(25(22)27-16-26-24)19-7-6-14-30(2)15-19/h3-5,8-13,16,19H,6-7,14-15H2,1-2H3,(H,26,27,28,32)/t19-/m1/s1. The Balaban J connectivity index is 1.57. The van der Waals surface area contributed by atoms with E-state index in [0.717, 1.165) is 59.7 Å². The fraction of sp³-hybridized carbons (Fsp3) is 0.280. The molecule has 0 spiro atoms. The summed E-state index contributed by atoms with van der Waals surface area (Å²) < 4.78 is 7.93. The number of hydrogen-bond donors (Lipinski definition) is 1. The molecule has 2 aromatic carbocycles. The fourth-order valence-electron chi connectivity index (χ4n) is 4.34. The minimum atomic E-state index is -0.183. The Morgan fingerprint density at radius 3 is 2.55 bits per heavy atom. The molecule has 0 bridgehead atoms. The Bertz CT molecular complexity index is 1270. The number of rotatable bonds is 5. The maximum atomic E-state index is 11.9. The van der Waals surface area contributed by atoms with E-state index >= 15 is 0 Å². The van der Waals surface area contributed by atoms with E-state index in [1.165, 1.54) is 13.3 Å². The second-order valence-corrected chi connectivity index (χ2v) is 8.39. The number of amides is 1. The molecule has 1 aliphatic rings. The first-order valence-corrected chi connectivity index (χ1v) is 11.1. The summed E-state index contributed by atoms with van der Waals surface area (Å²) in [4.78, 5) is 23.1. The second-order valence-electron chi connectivity index (χ2n) is 8.39. The molecule has 0 radical (unpaired) electrons. The number of nitrogens with one attached hydrogen (secondary N) is 1. The number of hydrogen-bond acceptors (Lipinski definition) is 6. The molecule has 1 aliphatic heterocycles. The molecule has 3 heterocycles. The number of nitrogens with zero attached hydrogens (tertiary/aromatic N) is 5. The molecule has 1 fully saturated rings. The quantitative estimate of drug-likeness (QED) is 0.489. The third kappa shape index (κ3) is 4.42. The van der Waals surface area contributed by atoms with Gasteiger partial charge in [0.05, 0.1) is 11.4 Å². The summed E-state index contributed by atoms with van der Waals surface area (Å²) in [6.45, 7) is 3.46. The van der Waals surface area contributed by atoms with E-state index in [4.69, 9.17) is 9.84 Å². The first-order chi connectivity index (χ1) is 16.1. The van der Waals surface area contributed by atoms with Crippen LogP contribution in [-0.2, 0) is 4.79 Å². The fourth-order valence-corrected chi connectivity index (χ4v) is 4.34. The SMILES string of the molecule is CC(=O)Nc1ncnc2c1c(-c1ccc(Oc3ccccc3)cc1)nn2[C@@H]1CCCN(C)C1. The van der Waals surface area contributed by atoms with Crippen LogP contribution in [-0.4, -0.2) is 50.7 Å². The highest BCUT2D eigenvalue weighted by Crippen LogP contribution is 2.35. The van der Waals surface area contributed by atoms with Crippen LogP contribution in [0, 0.1) is 0 Å². The van der Waals surface area contributed by atoms with Gasteiger partial charge in [0.2, 0.25) is 5.91 Å². The summed E-state index contributed by atoms with van der Waals surface area (Å²) in [7, 11) is 2.13. The first kappa shape index (κ1) is 21.1. The van der Waals surface area contributed by atoms with Crippen molar-refractivity contribution in [3.8, 4) is 22.8 Å². The van der Waals surface area contributed by atoms with Gasteiger partial charge in [-0.1, -0.05) is 18.2 Å². The smallest absolute Gasteiger partial charge is 0.222 e. The Hall–Kier alpha value is -3.78. The zero-order chi connectivity index (χ0) is 22.8. The molecule has 0 unspecified atom stereocenters. The molecule has 5 rings (SSSR count). The number of aromatic nitrogens is 4. The van der Waals surface area contributed by atoms with Crippen molar-refractivity contribution in [3.05, 3.63) is 60.9 Å². The van der Waals surface area contributed by atoms with Crippen LogP contribution in [0.2, 0.25) is 0 Å². The van der Waals surface area contributed by atoms with Gasteiger partial charge in [-0.2, -0.15) is 5.10 Å². The minimum Gasteiger partial charge on any atom is -0.457 e. The number of likely N-dealkylation sites (tertiary alicyclic amines) is 1. The molecule has 168 valence electrons. The molecule has 1 saturated heterocycles. The van der Waals surface area contributed by atoms with Crippen LogP contribution in [0.5, 0.6) is 11.5 Å². The van der Waals surface area contributed by atoms with Gasteiger partial charge >= 0.3 is 0 Å². The Morgan fingerprint density at radius 2 is 1.82 bits per heavy atom. The molecule has 4 aromatic rings. The lowest BCUT2D eigenvalue weighted by Crippen LogP contribution is -2.34. The van der Waals surface area contributed by atoms with Crippen LogP contribution in [0.4, 0.5) is 5.82 Å². The van der Waals surface area contributed by atoms with E-state index < -0.39 is 0 Å². The number of piperidine rings is 1. The van der Waals surface area contributed by atoms with Crippen LogP contribution >= 0.6 is 0 Å². The van der Waals surface area contributed by atoms with E-state index in [-0.39, 0.29) is 11.9 Å². The number of carbonyl (C=O) groups is 1. The van der Waals surface area contributed by atoms with Gasteiger partial charge in [-0.3, -0.25) is 4.79 Å². The van der Waals surface area contributed by atoms with Gasteiger partial charge in [-0.05, 0) is 62.8 Å². The largest absolute Gasteiger partial charge is 0.457 e. The molecule has 0 aliphatic carbocycles. The van der Waals surface area contributed by atoms with Crippen molar-refractivity contribution in [2.75, 3.05) is 25.5 Å². The normalized spacial score (nSPS) is 16.6. The number of anilines is 1. The van der Waals surface area contributed by atoms with E-state index in [0.29, 0.717) is 5.82 Å². The summed E-state index contributed by atoms with van der Waals surface area (Å²) in [6, 6.07) is 17.7. The molecule has 1 N–H and O–H groups in total. The molecule has 1 atom stereocenters. The van der Waals surface area contributed by atoms with Crippen molar-refractivity contribution in [3.63, 3.8) is 0 Å². The summed E-state index contributed by atoms with van der Waals surface area (Å²) >= 11 is 0. The minimum absolute atomic E-state index is 0.183. The molecule has 8 nitrogen and oxygen atoms in total. The average molecular weight is 443 g/mol. The average Bonchev–Trinajstić information content (AvgIpc) is 3.21. The van der Waals surface area contributed by atoms with E-state index in [1.807, 2.05) is 59.3 Å². The van der Waals surface area contributed by atoms with Crippen molar-refractivity contribution in [2.24, 2.45) is 0 Å². The van der Waals surface area contributed by atoms with Crippen LogP contribution in [0.15, 0.2) is 60.9 Å². The summed E-state index contributed by atoms with van der Waals surface area (Å²) in [5, 5.41) is 8.59. The monoisotopic (exact) mass is 442 g/mol.